The van der Waals surface area contributed by atoms with Gasteiger partial charge >= 0.3 is 0 Å². The van der Waals surface area contributed by atoms with Gasteiger partial charge in [-0.2, -0.15) is 0 Å². The summed E-state index contributed by atoms with van der Waals surface area (Å²) < 4.78 is 1.28. The van der Waals surface area contributed by atoms with E-state index in [1.54, 1.807) is 0 Å². The number of hydrogen-bond acceptors (Lipinski definition) is 3. The van der Waals surface area contributed by atoms with E-state index in [4.69, 9.17) is 4.98 Å². The van der Waals surface area contributed by atoms with Crippen molar-refractivity contribution < 1.29 is 15.0 Å². The minimum absolute atomic E-state index is 0.194. The van der Waals surface area contributed by atoms with Crippen LogP contribution in [0.2, 0.25) is 0 Å². The van der Waals surface area contributed by atoms with Gasteiger partial charge in [0.1, 0.15) is 0 Å². The molecule has 0 aliphatic carbocycles. The zero-order valence-corrected chi connectivity index (χ0v) is 17.7. The highest BCUT2D eigenvalue weighted by molar-refractivity contribution is 7.18. The molecule has 5 nitrogen and oxygen atoms in total. The van der Waals surface area contributed by atoms with E-state index in [0.717, 1.165) is 51.0 Å². The molecular weight excluding hydrogens is 356 g/mol. The van der Waals surface area contributed by atoms with Gasteiger partial charge in [0.25, 0.3) is 5.91 Å². The summed E-state index contributed by atoms with van der Waals surface area (Å²) in [5.41, 5.74) is 1.39. The zero-order chi connectivity index (χ0) is 19.3. The number of carbonyl (C=O) groups excluding carboxylic acids is 1. The Morgan fingerprint density at radius 2 is 2.04 bits per heavy atom. The van der Waals surface area contributed by atoms with Gasteiger partial charge in [0.2, 0.25) is 0 Å². The van der Waals surface area contributed by atoms with E-state index in [9.17, 15) is 4.79 Å². The number of quaternary nitrogens is 2. The van der Waals surface area contributed by atoms with Crippen molar-refractivity contribution in [3.63, 3.8) is 0 Å². The van der Waals surface area contributed by atoms with E-state index in [2.05, 4.69) is 55.7 Å². The van der Waals surface area contributed by atoms with Crippen molar-refractivity contribution in [2.24, 2.45) is 0 Å². The summed E-state index contributed by atoms with van der Waals surface area (Å²) in [4.78, 5) is 18.4. The molecule has 3 rings (SSSR count). The number of nitrogens with zero attached hydrogens (tertiary/aromatic N) is 1. The van der Waals surface area contributed by atoms with Crippen LogP contribution in [-0.2, 0) is 4.79 Å². The molecule has 0 spiro atoms. The first-order chi connectivity index (χ1) is 12.9. The number of rotatable bonds is 7. The van der Waals surface area contributed by atoms with Crippen molar-refractivity contribution in [2.75, 3.05) is 32.7 Å². The molecule has 4 N–H and O–H groups in total. The fraction of sp³-hybridized carbons (Fsp3) is 0.619. The molecule has 0 unspecified atom stereocenters. The number of fused-ring (bicyclic) bond motifs is 1. The number of likely N-dealkylation sites (tertiary alicyclic amines) is 1. The highest BCUT2D eigenvalue weighted by atomic mass is 32.1. The van der Waals surface area contributed by atoms with E-state index in [0.29, 0.717) is 12.5 Å². The topological polar surface area (TPSA) is 63.0 Å². The Morgan fingerprint density at radius 3 is 2.74 bits per heavy atom. The van der Waals surface area contributed by atoms with Crippen molar-refractivity contribution in [3.05, 3.63) is 29.3 Å². The van der Waals surface area contributed by atoms with Crippen LogP contribution in [0.25, 0.3) is 10.2 Å². The van der Waals surface area contributed by atoms with Gasteiger partial charge in [-0.3, -0.25) is 4.79 Å². The van der Waals surface area contributed by atoms with Crippen LogP contribution in [0.5, 0.6) is 0 Å². The second kappa shape index (κ2) is 9.13. The first-order valence-corrected chi connectivity index (χ1v) is 11.0. The Balaban J connectivity index is 1.36. The van der Waals surface area contributed by atoms with E-state index in [-0.39, 0.29) is 11.4 Å². The first-order valence-electron chi connectivity index (χ1n) is 10.2. The van der Waals surface area contributed by atoms with Crippen molar-refractivity contribution in [2.45, 2.75) is 51.5 Å². The van der Waals surface area contributed by atoms with Crippen LogP contribution >= 0.6 is 11.3 Å². The van der Waals surface area contributed by atoms with Crippen molar-refractivity contribution in [1.29, 1.82) is 0 Å². The predicted molar refractivity (Wildman–Crippen MR) is 111 cm³/mol. The Kier molecular flexibility index (Phi) is 6.84. The van der Waals surface area contributed by atoms with Crippen LogP contribution in [0.15, 0.2) is 24.3 Å². The number of nitrogens with two attached hydrogens (primary N) is 1. The second-order valence-electron chi connectivity index (χ2n) is 8.78. The third kappa shape index (κ3) is 6.26. The Hall–Kier alpha value is -1.50. The minimum Gasteiger partial charge on any atom is -0.351 e. The number of para-hydroxylation sites is 1. The molecule has 1 aromatic carbocycles. The molecule has 1 aromatic heterocycles. The van der Waals surface area contributed by atoms with E-state index < -0.39 is 0 Å². The van der Waals surface area contributed by atoms with Gasteiger partial charge in [0.15, 0.2) is 6.54 Å². The summed E-state index contributed by atoms with van der Waals surface area (Å²) >= 11 is 1.83. The zero-order valence-electron chi connectivity index (χ0n) is 16.9. The molecule has 1 fully saturated rings. The smallest absolute Gasteiger partial charge is 0.275 e. The van der Waals surface area contributed by atoms with E-state index >= 15 is 0 Å². The predicted octanol–water partition coefficient (Wildman–Crippen LogP) is 0.927. The number of thiazole rings is 1. The van der Waals surface area contributed by atoms with Crippen LogP contribution in [0, 0.1) is 0 Å². The number of carbonyl (C=O) groups is 1. The molecular formula is C21H34N4OS+2. The molecule has 0 radical (unpaired) electrons. The molecule has 27 heavy (non-hydrogen) atoms. The molecule has 0 atom stereocenters. The van der Waals surface area contributed by atoms with Gasteiger partial charge in [0.05, 0.1) is 40.4 Å². The summed E-state index contributed by atoms with van der Waals surface area (Å²) in [6.45, 7) is 11.2. The van der Waals surface area contributed by atoms with E-state index in [1.165, 1.54) is 14.6 Å². The maximum atomic E-state index is 12.2. The largest absolute Gasteiger partial charge is 0.351 e. The number of benzene rings is 1. The molecule has 1 saturated heterocycles. The lowest BCUT2D eigenvalue weighted by Crippen LogP contribution is -3.14. The highest BCUT2D eigenvalue weighted by Gasteiger charge is 2.27. The van der Waals surface area contributed by atoms with Crippen LogP contribution in [0.3, 0.4) is 0 Å². The Labute approximate surface area is 166 Å². The first kappa shape index (κ1) is 20.2. The average molecular weight is 391 g/mol. The molecule has 0 bridgehead atoms. The summed E-state index contributed by atoms with van der Waals surface area (Å²) in [6.07, 6.45) is 3.28. The minimum atomic E-state index is 0.194. The molecule has 6 heteroatoms. The third-order valence-electron chi connectivity index (χ3n) is 5.22. The van der Waals surface area contributed by atoms with Gasteiger partial charge in [0, 0.05) is 31.7 Å². The summed E-state index contributed by atoms with van der Waals surface area (Å²) in [5.74, 6) is 0.751. The van der Waals surface area contributed by atoms with Crippen molar-refractivity contribution in [1.82, 2.24) is 10.3 Å². The number of amides is 1. The van der Waals surface area contributed by atoms with Gasteiger partial charge in [-0.25, -0.2) is 4.98 Å². The maximum Gasteiger partial charge on any atom is 0.275 e. The van der Waals surface area contributed by atoms with Crippen LogP contribution in [0.4, 0.5) is 0 Å². The van der Waals surface area contributed by atoms with Gasteiger partial charge in [-0.1, -0.05) is 12.1 Å². The molecule has 148 valence electrons. The van der Waals surface area contributed by atoms with Crippen LogP contribution < -0.4 is 15.5 Å². The Morgan fingerprint density at radius 1 is 1.30 bits per heavy atom. The molecule has 1 amide bonds. The summed E-state index contributed by atoms with van der Waals surface area (Å²) in [7, 11) is 0. The number of nitrogens with one attached hydrogen (secondary N) is 2. The molecule has 1 aliphatic heterocycles. The summed E-state index contributed by atoms with van der Waals surface area (Å²) in [6, 6.07) is 8.38. The van der Waals surface area contributed by atoms with Crippen LogP contribution in [-0.4, -0.2) is 49.2 Å². The standard InChI is InChI=1S/C21H32N4OS/c1-21(2,3)23-12-6-11-22-19(26)15-25-13-9-16(10-14-25)20-24-17-7-4-5-8-18(17)27-20/h4-5,7-8,16,23H,6,9-15H2,1-3H3,(H,22,26)/p+2. The molecule has 0 saturated carbocycles. The third-order valence-corrected chi connectivity index (χ3v) is 6.42. The molecule has 1 aliphatic rings. The fourth-order valence-corrected chi connectivity index (χ4v) is 4.81. The normalized spacial score (nSPS) is 20.7. The number of piperidine rings is 1. The second-order valence-corrected chi connectivity index (χ2v) is 9.85. The SMILES string of the molecule is CC(C)(C)[NH2+]CCCNC(=O)C[NH+]1CCC(c2nc3ccccc3s2)CC1. The lowest BCUT2D eigenvalue weighted by atomic mass is 9.97. The van der Waals surface area contributed by atoms with Crippen molar-refractivity contribution >= 4 is 27.5 Å². The van der Waals surface area contributed by atoms with Crippen molar-refractivity contribution in [3.8, 4) is 0 Å². The fourth-order valence-electron chi connectivity index (χ4n) is 3.67. The monoisotopic (exact) mass is 390 g/mol. The lowest BCUT2D eigenvalue weighted by Gasteiger charge is -2.27. The quantitative estimate of drug-likeness (QED) is 0.616. The molecule has 2 heterocycles. The van der Waals surface area contributed by atoms with Gasteiger partial charge in [-0.15, -0.1) is 11.3 Å². The average Bonchev–Trinajstić information content (AvgIpc) is 3.05. The van der Waals surface area contributed by atoms with Crippen LogP contribution in [0.1, 0.15) is 51.0 Å². The Bertz CT molecular complexity index is 711. The van der Waals surface area contributed by atoms with Gasteiger partial charge in [-0.05, 0) is 32.9 Å². The number of aromatic nitrogens is 1. The lowest BCUT2D eigenvalue weighted by molar-refractivity contribution is -0.897. The van der Waals surface area contributed by atoms with E-state index in [1.807, 2.05) is 11.3 Å². The summed E-state index contributed by atoms with van der Waals surface area (Å²) in [5, 5.41) is 6.69. The maximum absolute atomic E-state index is 12.2. The van der Waals surface area contributed by atoms with Gasteiger partial charge < -0.3 is 15.5 Å². The number of hydrogen-bond donors (Lipinski definition) is 3. The highest BCUT2D eigenvalue weighted by Crippen LogP contribution is 2.31. The molecule has 2 aromatic rings.